The fourth-order valence-corrected chi connectivity index (χ4v) is 4.31. The second kappa shape index (κ2) is 7.58. The molecule has 1 amide bonds. The van der Waals surface area contributed by atoms with Crippen molar-refractivity contribution in [3.05, 3.63) is 59.7 Å². The van der Waals surface area contributed by atoms with Gasteiger partial charge in [0.25, 0.3) is 0 Å². The maximum Gasteiger partial charge on any atom is 0.410 e. The first-order valence-electron chi connectivity index (χ1n) is 9.54. The smallest absolute Gasteiger partial charge is 0.410 e. The van der Waals surface area contributed by atoms with Gasteiger partial charge in [-0.1, -0.05) is 48.5 Å². The van der Waals surface area contributed by atoms with E-state index in [2.05, 4.69) is 0 Å². The summed E-state index contributed by atoms with van der Waals surface area (Å²) in [5.74, 6) is -3.12. The highest BCUT2D eigenvalue weighted by atomic mass is 16.6. The van der Waals surface area contributed by atoms with Crippen molar-refractivity contribution in [2.75, 3.05) is 13.2 Å². The number of carboxylic acids is 2. The van der Waals surface area contributed by atoms with Crippen LogP contribution in [-0.4, -0.2) is 52.3 Å². The molecule has 1 aliphatic heterocycles. The van der Waals surface area contributed by atoms with E-state index in [9.17, 15) is 24.6 Å². The summed E-state index contributed by atoms with van der Waals surface area (Å²) >= 11 is 0. The zero-order valence-electron chi connectivity index (χ0n) is 15.7. The Morgan fingerprint density at radius 3 is 2.03 bits per heavy atom. The summed E-state index contributed by atoms with van der Waals surface area (Å²) in [4.78, 5) is 36.6. The Morgan fingerprint density at radius 2 is 1.48 bits per heavy atom. The maximum absolute atomic E-state index is 12.7. The van der Waals surface area contributed by atoms with Crippen molar-refractivity contribution in [3.8, 4) is 11.1 Å². The predicted octanol–water partition coefficient (Wildman–Crippen LogP) is 3.19. The number of likely N-dealkylation sites (tertiary alicyclic amines) is 1. The third kappa shape index (κ3) is 3.44. The maximum atomic E-state index is 12.7. The molecule has 0 spiro atoms. The fourth-order valence-electron chi connectivity index (χ4n) is 4.31. The molecule has 2 N–H and O–H groups in total. The van der Waals surface area contributed by atoms with Crippen LogP contribution in [0.25, 0.3) is 11.1 Å². The second-order valence-corrected chi connectivity index (χ2v) is 7.42. The van der Waals surface area contributed by atoms with Crippen LogP contribution in [-0.2, 0) is 14.3 Å². The number of carbonyl (C=O) groups excluding carboxylic acids is 1. The first-order chi connectivity index (χ1) is 14.0. The molecule has 7 heteroatoms. The molecule has 0 unspecified atom stereocenters. The average Bonchev–Trinajstić information content (AvgIpc) is 3.05. The summed E-state index contributed by atoms with van der Waals surface area (Å²) in [5.41, 5.74) is 4.30. The number of benzene rings is 2. The van der Waals surface area contributed by atoms with Gasteiger partial charge in [0.2, 0.25) is 0 Å². The molecular weight excluding hydrogens is 374 g/mol. The molecule has 2 aliphatic rings. The van der Waals surface area contributed by atoms with E-state index < -0.39 is 30.0 Å². The van der Waals surface area contributed by atoms with Crippen molar-refractivity contribution in [1.29, 1.82) is 0 Å². The average molecular weight is 395 g/mol. The van der Waals surface area contributed by atoms with Crippen molar-refractivity contribution in [2.45, 2.75) is 24.8 Å². The van der Waals surface area contributed by atoms with Gasteiger partial charge in [-0.05, 0) is 35.1 Å². The molecule has 0 saturated carbocycles. The van der Waals surface area contributed by atoms with Crippen LogP contribution in [0.4, 0.5) is 4.79 Å². The number of ether oxygens (including phenoxy) is 1. The Hall–Kier alpha value is -3.35. The van der Waals surface area contributed by atoms with Gasteiger partial charge in [-0.2, -0.15) is 0 Å². The molecule has 0 aromatic heterocycles. The lowest BCUT2D eigenvalue weighted by Crippen LogP contribution is -2.52. The van der Waals surface area contributed by atoms with Crippen LogP contribution in [0, 0.1) is 5.92 Å². The van der Waals surface area contributed by atoms with Crippen LogP contribution in [0.1, 0.15) is 29.9 Å². The Morgan fingerprint density at radius 1 is 0.897 bits per heavy atom. The molecule has 29 heavy (non-hydrogen) atoms. The summed E-state index contributed by atoms with van der Waals surface area (Å²) in [6.45, 7) is -0.101. The van der Waals surface area contributed by atoms with Crippen LogP contribution in [0.15, 0.2) is 48.5 Å². The minimum absolute atomic E-state index is 0.0629. The highest BCUT2D eigenvalue weighted by Gasteiger charge is 2.40. The number of fused-ring (bicyclic) bond motifs is 3. The third-order valence-electron chi connectivity index (χ3n) is 5.79. The molecule has 1 fully saturated rings. The number of rotatable bonds is 4. The standard InChI is InChI=1S/C22H21NO6/c24-20(25)13-9-10-19(21(26)27)23(11-13)22(28)29-12-18-16-7-3-1-5-14(16)15-6-2-4-8-17(15)18/h1-8,13,18-19H,9-12H2,(H,24,25)(H,26,27)/t13-,19-/m0/s1. The quantitative estimate of drug-likeness (QED) is 0.824. The van der Waals surface area contributed by atoms with Gasteiger partial charge in [-0.25, -0.2) is 9.59 Å². The largest absolute Gasteiger partial charge is 0.481 e. The van der Waals surface area contributed by atoms with Gasteiger partial charge in [0, 0.05) is 12.5 Å². The van der Waals surface area contributed by atoms with E-state index in [-0.39, 0.29) is 31.9 Å². The van der Waals surface area contributed by atoms with Crippen molar-refractivity contribution in [1.82, 2.24) is 4.90 Å². The number of hydrogen-bond acceptors (Lipinski definition) is 4. The van der Waals surface area contributed by atoms with E-state index in [0.717, 1.165) is 27.2 Å². The monoisotopic (exact) mass is 395 g/mol. The minimum Gasteiger partial charge on any atom is -0.481 e. The van der Waals surface area contributed by atoms with Crippen LogP contribution in [0.5, 0.6) is 0 Å². The zero-order chi connectivity index (χ0) is 20.5. The molecule has 0 radical (unpaired) electrons. The van der Waals surface area contributed by atoms with E-state index in [0.29, 0.717) is 0 Å². The normalized spacial score (nSPS) is 20.6. The number of carbonyl (C=O) groups is 3. The van der Waals surface area contributed by atoms with Crippen LogP contribution < -0.4 is 0 Å². The lowest BCUT2D eigenvalue weighted by molar-refractivity contribution is -0.150. The van der Waals surface area contributed by atoms with E-state index in [4.69, 9.17) is 4.74 Å². The number of hydrogen-bond donors (Lipinski definition) is 2. The van der Waals surface area contributed by atoms with E-state index >= 15 is 0 Å². The van der Waals surface area contributed by atoms with Gasteiger partial charge in [0.1, 0.15) is 12.6 Å². The van der Waals surface area contributed by atoms with Crippen molar-refractivity contribution in [2.24, 2.45) is 5.92 Å². The SMILES string of the molecule is O=C(O)[C@H]1CC[C@@H](C(=O)O)N(C(=O)OCC2c3ccccc3-c3ccccc32)C1. The lowest BCUT2D eigenvalue weighted by atomic mass is 9.93. The summed E-state index contributed by atoms with van der Waals surface area (Å²) in [5, 5.41) is 18.7. The van der Waals surface area contributed by atoms with Crippen LogP contribution in [0.2, 0.25) is 0 Å². The topological polar surface area (TPSA) is 104 Å². The van der Waals surface area contributed by atoms with E-state index in [1.165, 1.54) is 0 Å². The molecule has 4 rings (SSSR count). The van der Waals surface area contributed by atoms with Gasteiger partial charge in [0.05, 0.1) is 5.92 Å². The molecule has 2 atom stereocenters. The summed E-state index contributed by atoms with van der Waals surface area (Å²) < 4.78 is 5.52. The summed E-state index contributed by atoms with van der Waals surface area (Å²) in [6.07, 6.45) is -0.471. The van der Waals surface area contributed by atoms with Crippen molar-refractivity contribution in [3.63, 3.8) is 0 Å². The Kier molecular flexibility index (Phi) is 4.96. The number of piperidine rings is 1. The van der Waals surface area contributed by atoms with Crippen molar-refractivity contribution >= 4 is 18.0 Å². The van der Waals surface area contributed by atoms with Gasteiger partial charge in [0.15, 0.2) is 0 Å². The van der Waals surface area contributed by atoms with Crippen LogP contribution >= 0.6 is 0 Å². The highest BCUT2D eigenvalue weighted by molar-refractivity contribution is 5.82. The molecule has 7 nitrogen and oxygen atoms in total. The molecule has 1 aliphatic carbocycles. The second-order valence-electron chi connectivity index (χ2n) is 7.42. The highest BCUT2D eigenvalue weighted by Crippen LogP contribution is 2.44. The molecule has 2 aromatic carbocycles. The Bertz CT molecular complexity index is 926. The van der Waals surface area contributed by atoms with Gasteiger partial charge >= 0.3 is 18.0 Å². The number of aliphatic carboxylic acids is 2. The number of amides is 1. The fraction of sp³-hybridized carbons (Fsp3) is 0.318. The van der Waals surface area contributed by atoms with Gasteiger partial charge in [-0.3, -0.25) is 9.69 Å². The van der Waals surface area contributed by atoms with Gasteiger partial charge in [-0.15, -0.1) is 0 Å². The zero-order valence-corrected chi connectivity index (χ0v) is 15.7. The molecule has 1 heterocycles. The third-order valence-corrected chi connectivity index (χ3v) is 5.79. The first kappa shape index (κ1) is 19.0. The lowest BCUT2D eigenvalue weighted by Gasteiger charge is -2.35. The molecule has 0 bridgehead atoms. The molecule has 2 aromatic rings. The minimum atomic E-state index is -1.15. The van der Waals surface area contributed by atoms with Crippen molar-refractivity contribution < 1.29 is 29.3 Å². The van der Waals surface area contributed by atoms with E-state index in [1.54, 1.807) is 0 Å². The molecular formula is C22H21NO6. The molecule has 150 valence electrons. The Balaban J connectivity index is 1.53. The van der Waals surface area contributed by atoms with Gasteiger partial charge < -0.3 is 14.9 Å². The molecule has 1 saturated heterocycles. The summed E-state index contributed by atoms with van der Waals surface area (Å²) in [7, 11) is 0. The Labute approximate surface area is 167 Å². The number of carboxylic acid groups (broad SMARTS) is 2. The van der Waals surface area contributed by atoms with Crippen LogP contribution in [0.3, 0.4) is 0 Å². The first-order valence-corrected chi connectivity index (χ1v) is 9.54. The predicted molar refractivity (Wildman–Crippen MR) is 104 cm³/mol. The van der Waals surface area contributed by atoms with E-state index in [1.807, 2.05) is 48.5 Å². The summed E-state index contributed by atoms with van der Waals surface area (Å²) in [6, 6.07) is 14.8. The number of nitrogens with zero attached hydrogens (tertiary/aromatic N) is 1.